The molecule has 0 aliphatic carbocycles. The van der Waals surface area contributed by atoms with Crippen molar-refractivity contribution in [3.05, 3.63) is 6.42 Å². The molecule has 28 heavy (non-hydrogen) atoms. The molecule has 0 aromatic carbocycles. The summed E-state index contributed by atoms with van der Waals surface area (Å²) in [5.41, 5.74) is 0. The number of hydrogen-bond acceptors (Lipinski definition) is 0. The lowest BCUT2D eigenvalue weighted by Crippen LogP contribution is -2.69. The molecule has 0 aromatic heterocycles. The summed E-state index contributed by atoms with van der Waals surface area (Å²) in [6.07, 6.45) is 6.59. The number of alkyl halides is 15. The average Bonchev–Trinajstić information content (AvgIpc) is 2.47. The normalized spacial score (nSPS) is 15.9. The zero-order valence-electron chi connectivity index (χ0n) is 13.6. The van der Waals surface area contributed by atoms with E-state index in [0.717, 1.165) is 12.8 Å². The van der Waals surface area contributed by atoms with E-state index in [1.807, 2.05) is 0 Å². The summed E-state index contributed by atoms with van der Waals surface area (Å²) in [5, 5.41) is 0. The first-order valence-corrected chi connectivity index (χ1v) is 19.1. The average molecular weight is 1370 g/mol. The third kappa shape index (κ3) is 7.40. The van der Waals surface area contributed by atoms with Crippen molar-refractivity contribution >= 4 is 239 Å². The molecule has 1 radical (unpaired) electrons. The van der Waals surface area contributed by atoms with Crippen LogP contribution in [0.4, 0.5) is 0 Å². The molecule has 0 bridgehead atoms. The van der Waals surface area contributed by atoms with Gasteiger partial charge in [-0.3, -0.25) is 0 Å². The fraction of sp³-hybridized carbons (Fsp3) is 0.923. The first kappa shape index (κ1) is 35.2. The van der Waals surface area contributed by atoms with Crippen molar-refractivity contribution in [3.63, 3.8) is 0 Å². The van der Waals surface area contributed by atoms with Crippen LogP contribution in [0.25, 0.3) is 0 Å². The molecule has 0 nitrogen and oxygen atoms in total. The third-order valence-electron chi connectivity index (χ3n) is 3.63. The quantitative estimate of drug-likeness (QED) is 0.159. The van der Waals surface area contributed by atoms with E-state index in [-0.39, 0.29) is 0 Å². The maximum absolute atomic E-state index is 3.90. The summed E-state index contributed by atoms with van der Waals surface area (Å²) < 4.78 is -5.75. The Balaban J connectivity index is 6.29. The summed E-state index contributed by atoms with van der Waals surface area (Å²) in [6, 6.07) is 0. The highest BCUT2D eigenvalue weighted by molar-refractivity contribution is 9.42. The molecule has 0 atom stereocenters. The van der Waals surface area contributed by atoms with E-state index in [2.05, 4.69) is 252 Å². The van der Waals surface area contributed by atoms with Gasteiger partial charge in [-0.1, -0.05) is 265 Å². The topological polar surface area (TPSA) is 0 Å². The first-order chi connectivity index (χ1) is 12.1. The molecule has 15 heteroatoms. The lowest BCUT2D eigenvalue weighted by Gasteiger charge is -2.58. The Hall–Kier alpha value is 7.20. The molecule has 0 unspecified atom stereocenters. The van der Waals surface area contributed by atoms with Gasteiger partial charge in [-0.2, -0.15) is 0 Å². The van der Waals surface area contributed by atoms with Crippen molar-refractivity contribution < 1.29 is 0 Å². The molecule has 0 fully saturated rings. The molecule has 0 heterocycles. The first-order valence-electron chi connectivity index (χ1n) is 7.24. The van der Waals surface area contributed by atoms with E-state index in [0.29, 0.717) is 0 Å². The van der Waals surface area contributed by atoms with Gasteiger partial charge in [0.05, 0.1) is 0 Å². The van der Waals surface area contributed by atoms with E-state index in [1.54, 1.807) is 0 Å². The second-order valence-electron chi connectivity index (χ2n) is 5.70. The Bertz CT molecular complexity index is 499. The highest BCUT2D eigenvalue weighted by Gasteiger charge is 2.77. The van der Waals surface area contributed by atoms with Crippen LogP contribution >= 0.6 is 239 Å². The van der Waals surface area contributed by atoms with Gasteiger partial charge in [-0.25, -0.2) is 0 Å². The number of hydrogen-bond donors (Lipinski definition) is 0. The van der Waals surface area contributed by atoms with Crippen LogP contribution < -0.4 is 0 Å². The van der Waals surface area contributed by atoms with E-state index in [1.165, 1.54) is 12.8 Å². The van der Waals surface area contributed by atoms with Gasteiger partial charge in [-0.05, 0) is 12.8 Å². The van der Waals surface area contributed by atoms with Gasteiger partial charge in [0.15, 0.2) is 4.29 Å². The fourth-order valence-electron chi connectivity index (χ4n) is 1.95. The molecule has 0 aliphatic rings. The lowest BCUT2D eigenvalue weighted by molar-refractivity contribution is 0.554. The Labute approximate surface area is 293 Å². The predicted molar refractivity (Wildman–Crippen MR) is 181 cm³/mol. The highest BCUT2D eigenvalue weighted by Crippen LogP contribution is 2.77. The summed E-state index contributed by atoms with van der Waals surface area (Å²) in [4.78, 5) is 0. The van der Waals surface area contributed by atoms with Gasteiger partial charge >= 0.3 is 0 Å². The summed E-state index contributed by atoms with van der Waals surface area (Å²) >= 11 is 57.0. The van der Waals surface area contributed by atoms with Crippen LogP contribution in [-0.4, -0.2) is 21.5 Å². The van der Waals surface area contributed by atoms with Crippen LogP contribution in [0.5, 0.6) is 0 Å². The molecule has 0 saturated heterocycles. The number of rotatable bonds is 9. The second kappa shape index (κ2) is 12.8. The molecule has 0 saturated carbocycles. The lowest BCUT2D eigenvalue weighted by atomic mass is 10.0. The van der Waals surface area contributed by atoms with Crippen LogP contribution in [0.15, 0.2) is 0 Å². The summed E-state index contributed by atoms with van der Waals surface area (Å²) in [5.74, 6) is 0. The fourth-order valence-corrected chi connectivity index (χ4v) is 19.0. The van der Waals surface area contributed by atoms with E-state index < -0.39 is 21.5 Å². The van der Waals surface area contributed by atoms with Crippen molar-refractivity contribution in [2.45, 2.75) is 54.2 Å². The van der Waals surface area contributed by atoms with Gasteiger partial charge in [0.25, 0.3) is 0 Å². The standard InChI is InChI=1S/C13H12Br15/c1-2-3-4-5-6-7(14,15)9(17,18)11(21,22)10(19,20)8(16,12(23,24)25)13(26,27)28/h6H,2-5H2,1H3. The summed E-state index contributed by atoms with van der Waals surface area (Å²) in [6.45, 7) is 2.19. The Kier molecular flexibility index (Phi) is 16.1. The third-order valence-corrected chi connectivity index (χ3v) is 28.7. The molecule has 0 aliphatic heterocycles. The molecule has 169 valence electrons. The largest absolute Gasteiger partial charge is 0.155 e. The van der Waals surface area contributed by atoms with E-state index >= 15 is 0 Å². The van der Waals surface area contributed by atoms with Gasteiger partial charge < -0.3 is 0 Å². The van der Waals surface area contributed by atoms with Crippen molar-refractivity contribution in [1.82, 2.24) is 0 Å². The molecule has 0 rings (SSSR count). The van der Waals surface area contributed by atoms with Gasteiger partial charge in [-0.15, -0.1) is 0 Å². The zero-order valence-corrected chi connectivity index (χ0v) is 37.4. The number of halogens is 15. The maximum atomic E-state index is 3.90. The van der Waals surface area contributed by atoms with Crippen LogP contribution in [0.1, 0.15) is 32.6 Å². The predicted octanol–water partition coefficient (Wildman–Crippen LogP) is 13.5. The summed E-state index contributed by atoms with van der Waals surface area (Å²) in [7, 11) is 0. The van der Waals surface area contributed by atoms with Crippen molar-refractivity contribution in [3.8, 4) is 0 Å². The highest BCUT2D eigenvalue weighted by atomic mass is 80.0. The smallest absolute Gasteiger partial charge is 0.0758 e. The van der Waals surface area contributed by atoms with Crippen LogP contribution in [-0.2, 0) is 0 Å². The Morgan fingerprint density at radius 2 is 0.929 bits per heavy atom. The minimum Gasteiger partial charge on any atom is -0.0758 e. The minimum atomic E-state index is -0.927. The SMILES string of the molecule is CCCCC[CH]C(Br)(Br)C(Br)(Br)C(Br)(Br)C(Br)(Br)C(Br)(C(Br)(Br)Br)C(Br)(Br)Br. The van der Waals surface area contributed by atoms with E-state index in [9.17, 15) is 0 Å². The van der Waals surface area contributed by atoms with Gasteiger partial charge in [0.2, 0.25) is 0 Å². The van der Waals surface area contributed by atoms with Crippen LogP contribution in [0, 0.1) is 6.42 Å². The Morgan fingerprint density at radius 1 is 0.536 bits per heavy atom. The van der Waals surface area contributed by atoms with Crippen molar-refractivity contribution in [1.29, 1.82) is 0 Å². The molecule has 0 N–H and O–H groups in total. The Morgan fingerprint density at radius 3 is 1.25 bits per heavy atom. The number of unbranched alkanes of at least 4 members (excludes halogenated alkanes) is 3. The molecule has 0 amide bonds. The van der Waals surface area contributed by atoms with E-state index in [4.69, 9.17) is 0 Å². The second-order valence-corrected chi connectivity index (χ2v) is 34.3. The minimum absolute atomic E-state index is 0.629. The molecule has 0 aromatic rings. The maximum Gasteiger partial charge on any atom is 0.155 e. The van der Waals surface area contributed by atoms with Crippen LogP contribution in [0.3, 0.4) is 0 Å². The van der Waals surface area contributed by atoms with Crippen LogP contribution in [0.2, 0.25) is 0 Å². The monoisotopic (exact) mass is 1350 g/mol. The van der Waals surface area contributed by atoms with Crippen molar-refractivity contribution in [2.75, 3.05) is 0 Å². The molecular formula is C13H12Br15. The van der Waals surface area contributed by atoms with Crippen molar-refractivity contribution in [2.24, 2.45) is 0 Å². The van der Waals surface area contributed by atoms with Gasteiger partial charge in [0.1, 0.15) is 17.3 Å². The van der Waals surface area contributed by atoms with Gasteiger partial charge in [0, 0.05) is 0 Å². The molecule has 0 spiro atoms. The zero-order chi connectivity index (χ0) is 23.0. The molecular weight excluding hydrogens is 1350 g/mol.